The SMILES string of the molecule is Cc1ncsc1CNC(=O)C(C)CCl. The first kappa shape index (κ1) is 11.5. The fourth-order valence-electron chi connectivity index (χ4n) is 0.908. The molecule has 0 aliphatic carbocycles. The highest BCUT2D eigenvalue weighted by molar-refractivity contribution is 7.09. The van der Waals surface area contributed by atoms with Crippen LogP contribution in [-0.4, -0.2) is 16.8 Å². The summed E-state index contributed by atoms with van der Waals surface area (Å²) in [7, 11) is 0. The van der Waals surface area contributed by atoms with Crippen LogP contribution in [0.25, 0.3) is 0 Å². The van der Waals surface area contributed by atoms with E-state index in [0.717, 1.165) is 10.6 Å². The number of alkyl halides is 1. The Kier molecular flexibility index (Phi) is 4.35. The van der Waals surface area contributed by atoms with Gasteiger partial charge in [-0.3, -0.25) is 4.79 Å². The number of hydrogen-bond donors (Lipinski definition) is 1. The molecule has 1 heterocycles. The minimum atomic E-state index is -0.134. The van der Waals surface area contributed by atoms with Crippen molar-refractivity contribution in [2.75, 3.05) is 5.88 Å². The normalized spacial score (nSPS) is 12.5. The van der Waals surface area contributed by atoms with Crippen LogP contribution in [0.2, 0.25) is 0 Å². The third kappa shape index (κ3) is 2.96. The van der Waals surface area contributed by atoms with Gasteiger partial charge in [-0.15, -0.1) is 22.9 Å². The summed E-state index contributed by atoms with van der Waals surface area (Å²) >= 11 is 7.12. The summed E-state index contributed by atoms with van der Waals surface area (Å²) in [4.78, 5) is 16.6. The van der Waals surface area contributed by atoms with Crippen molar-refractivity contribution >= 4 is 28.8 Å². The third-order valence-corrected chi connectivity index (χ3v) is 3.35. The number of aryl methyl sites for hydroxylation is 1. The molecule has 0 fully saturated rings. The number of nitrogens with zero attached hydrogens (tertiary/aromatic N) is 1. The minimum absolute atomic E-state index is 0.00667. The summed E-state index contributed by atoms with van der Waals surface area (Å²) in [5.41, 5.74) is 2.76. The molecular weight excluding hydrogens is 220 g/mol. The Morgan fingerprint density at radius 2 is 2.50 bits per heavy atom. The van der Waals surface area contributed by atoms with Gasteiger partial charge in [0.15, 0.2) is 0 Å². The van der Waals surface area contributed by atoms with Crippen LogP contribution in [0.3, 0.4) is 0 Å². The number of carbonyl (C=O) groups is 1. The van der Waals surface area contributed by atoms with Gasteiger partial charge in [0.25, 0.3) is 0 Å². The first-order valence-electron chi connectivity index (χ1n) is 4.37. The van der Waals surface area contributed by atoms with Gasteiger partial charge in [0.1, 0.15) is 0 Å². The molecule has 14 heavy (non-hydrogen) atoms. The average molecular weight is 233 g/mol. The molecule has 1 amide bonds. The number of rotatable bonds is 4. The van der Waals surface area contributed by atoms with Crippen molar-refractivity contribution in [1.29, 1.82) is 0 Å². The monoisotopic (exact) mass is 232 g/mol. The summed E-state index contributed by atoms with van der Waals surface area (Å²) in [5, 5.41) is 2.82. The molecule has 0 aliphatic rings. The zero-order valence-corrected chi connectivity index (χ0v) is 9.78. The van der Waals surface area contributed by atoms with Crippen molar-refractivity contribution < 1.29 is 4.79 Å². The maximum atomic E-state index is 11.4. The number of hydrogen-bond acceptors (Lipinski definition) is 3. The van der Waals surface area contributed by atoms with E-state index in [1.807, 2.05) is 13.8 Å². The fourth-order valence-corrected chi connectivity index (χ4v) is 1.76. The third-order valence-electron chi connectivity index (χ3n) is 1.95. The van der Waals surface area contributed by atoms with Crippen molar-refractivity contribution in [2.24, 2.45) is 5.92 Å². The standard InChI is InChI=1S/C9H13ClN2OS/c1-6(3-10)9(13)11-4-8-7(2)12-5-14-8/h5-6H,3-4H2,1-2H3,(H,11,13). The molecular formula is C9H13ClN2OS. The van der Waals surface area contributed by atoms with Crippen molar-refractivity contribution in [3.63, 3.8) is 0 Å². The van der Waals surface area contributed by atoms with Gasteiger partial charge in [0.2, 0.25) is 5.91 Å². The van der Waals surface area contributed by atoms with E-state index in [9.17, 15) is 4.79 Å². The van der Waals surface area contributed by atoms with E-state index in [4.69, 9.17) is 11.6 Å². The topological polar surface area (TPSA) is 42.0 Å². The van der Waals surface area contributed by atoms with Crippen LogP contribution in [-0.2, 0) is 11.3 Å². The largest absolute Gasteiger partial charge is 0.351 e. The second-order valence-corrected chi connectivity index (χ2v) is 4.38. The molecule has 1 aromatic heterocycles. The predicted molar refractivity (Wildman–Crippen MR) is 58.6 cm³/mol. The molecule has 0 saturated carbocycles. The van der Waals surface area contributed by atoms with Crippen molar-refractivity contribution in [2.45, 2.75) is 20.4 Å². The van der Waals surface area contributed by atoms with Crippen LogP contribution < -0.4 is 5.32 Å². The van der Waals surface area contributed by atoms with Crippen LogP contribution in [0.4, 0.5) is 0 Å². The lowest BCUT2D eigenvalue weighted by Crippen LogP contribution is -2.29. The molecule has 1 aromatic rings. The molecule has 78 valence electrons. The summed E-state index contributed by atoms with van der Waals surface area (Å²) in [6.45, 7) is 4.29. The lowest BCUT2D eigenvalue weighted by molar-refractivity contribution is -0.124. The highest BCUT2D eigenvalue weighted by Crippen LogP contribution is 2.11. The number of thiazole rings is 1. The van der Waals surface area contributed by atoms with Gasteiger partial charge in [-0.2, -0.15) is 0 Å². The Morgan fingerprint density at radius 3 is 3.00 bits per heavy atom. The zero-order chi connectivity index (χ0) is 10.6. The van der Waals surface area contributed by atoms with Crippen LogP contribution in [0.15, 0.2) is 5.51 Å². The van der Waals surface area contributed by atoms with Crippen LogP contribution >= 0.6 is 22.9 Å². The second-order valence-electron chi connectivity index (χ2n) is 3.13. The summed E-state index contributed by atoms with van der Waals surface area (Å²) < 4.78 is 0. The van der Waals surface area contributed by atoms with E-state index in [0.29, 0.717) is 12.4 Å². The van der Waals surface area contributed by atoms with Crippen LogP contribution in [0, 0.1) is 12.8 Å². The molecule has 5 heteroatoms. The Labute approximate surface area is 92.5 Å². The molecule has 0 bridgehead atoms. The molecule has 1 atom stereocenters. The van der Waals surface area contributed by atoms with Gasteiger partial charge < -0.3 is 5.32 Å². The number of amides is 1. The van der Waals surface area contributed by atoms with Gasteiger partial charge in [-0.05, 0) is 6.92 Å². The van der Waals surface area contributed by atoms with Crippen molar-refractivity contribution in [1.82, 2.24) is 10.3 Å². The van der Waals surface area contributed by atoms with Gasteiger partial charge in [0, 0.05) is 16.7 Å². The van der Waals surface area contributed by atoms with Crippen LogP contribution in [0.5, 0.6) is 0 Å². The Balaban J connectivity index is 2.41. The Hall–Kier alpha value is -0.610. The Bertz CT molecular complexity index is 314. The molecule has 1 N–H and O–H groups in total. The van der Waals surface area contributed by atoms with E-state index in [1.165, 1.54) is 0 Å². The van der Waals surface area contributed by atoms with Gasteiger partial charge in [-0.25, -0.2) is 4.98 Å². The van der Waals surface area contributed by atoms with Crippen molar-refractivity contribution in [3.8, 4) is 0 Å². The van der Waals surface area contributed by atoms with Gasteiger partial charge in [0.05, 0.1) is 17.7 Å². The molecule has 0 aromatic carbocycles. The molecule has 1 rings (SSSR count). The highest BCUT2D eigenvalue weighted by atomic mass is 35.5. The number of halogens is 1. The first-order chi connectivity index (χ1) is 6.65. The predicted octanol–water partition coefficient (Wildman–Crippen LogP) is 1.94. The molecule has 0 aliphatic heterocycles. The van der Waals surface area contributed by atoms with E-state index >= 15 is 0 Å². The zero-order valence-electron chi connectivity index (χ0n) is 8.21. The van der Waals surface area contributed by atoms with Crippen molar-refractivity contribution in [3.05, 3.63) is 16.1 Å². The Morgan fingerprint density at radius 1 is 1.79 bits per heavy atom. The molecule has 0 saturated heterocycles. The number of carbonyl (C=O) groups excluding carboxylic acids is 1. The quantitative estimate of drug-likeness (QED) is 0.807. The first-order valence-corrected chi connectivity index (χ1v) is 5.79. The van der Waals surface area contributed by atoms with E-state index < -0.39 is 0 Å². The maximum Gasteiger partial charge on any atom is 0.224 e. The summed E-state index contributed by atoms with van der Waals surface area (Å²) in [6, 6.07) is 0. The van der Waals surface area contributed by atoms with E-state index in [1.54, 1.807) is 16.8 Å². The fraction of sp³-hybridized carbons (Fsp3) is 0.556. The van der Waals surface area contributed by atoms with Gasteiger partial charge in [-0.1, -0.05) is 6.92 Å². The number of nitrogens with one attached hydrogen (secondary N) is 1. The smallest absolute Gasteiger partial charge is 0.224 e. The number of aromatic nitrogens is 1. The lowest BCUT2D eigenvalue weighted by atomic mass is 10.2. The molecule has 0 spiro atoms. The van der Waals surface area contributed by atoms with E-state index in [-0.39, 0.29) is 11.8 Å². The van der Waals surface area contributed by atoms with Crippen LogP contribution in [0.1, 0.15) is 17.5 Å². The summed E-state index contributed by atoms with van der Waals surface area (Å²) in [6.07, 6.45) is 0. The second kappa shape index (κ2) is 5.32. The van der Waals surface area contributed by atoms with E-state index in [2.05, 4.69) is 10.3 Å². The van der Waals surface area contributed by atoms with Gasteiger partial charge >= 0.3 is 0 Å². The lowest BCUT2D eigenvalue weighted by Gasteiger charge is -2.08. The molecule has 3 nitrogen and oxygen atoms in total. The molecule has 0 radical (unpaired) electrons. The molecule has 1 unspecified atom stereocenters. The average Bonchev–Trinajstić information content (AvgIpc) is 2.59. The highest BCUT2D eigenvalue weighted by Gasteiger charge is 2.11. The maximum absolute atomic E-state index is 11.4. The summed E-state index contributed by atoms with van der Waals surface area (Å²) in [5.74, 6) is 0.214. The minimum Gasteiger partial charge on any atom is -0.351 e.